The summed E-state index contributed by atoms with van der Waals surface area (Å²) in [4.78, 5) is 20.3. The molecule has 5 heteroatoms. The summed E-state index contributed by atoms with van der Waals surface area (Å²) in [5, 5.41) is 20.6. The van der Waals surface area contributed by atoms with Crippen LogP contribution in [0, 0.1) is 11.3 Å². The number of benzene rings is 3. The number of rotatable bonds is 4. The van der Waals surface area contributed by atoms with E-state index in [0.29, 0.717) is 16.6 Å². The van der Waals surface area contributed by atoms with Gasteiger partial charge in [0.15, 0.2) is 11.6 Å². The topological polar surface area (TPSA) is 89.8 Å². The second-order valence-electron chi connectivity index (χ2n) is 6.18. The van der Waals surface area contributed by atoms with Gasteiger partial charge in [-0.1, -0.05) is 66.7 Å². The number of aliphatic hydroxyl groups is 1. The van der Waals surface area contributed by atoms with Gasteiger partial charge in [0, 0.05) is 16.7 Å². The molecule has 0 unspecified atom stereocenters. The molecule has 1 heterocycles. The molecule has 2 N–H and O–H groups in total. The number of aromatic amines is 1. The van der Waals surface area contributed by atoms with E-state index in [4.69, 9.17) is 0 Å². The van der Waals surface area contributed by atoms with Gasteiger partial charge in [-0.05, 0) is 12.1 Å². The third-order valence-electron chi connectivity index (χ3n) is 4.44. The molecular weight excluding hydrogens is 350 g/mol. The van der Waals surface area contributed by atoms with Gasteiger partial charge in [0.1, 0.15) is 17.4 Å². The first-order chi connectivity index (χ1) is 13.7. The maximum atomic E-state index is 12.9. The van der Waals surface area contributed by atoms with Gasteiger partial charge in [0.05, 0.1) is 11.0 Å². The van der Waals surface area contributed by atoms with Gasteiger partial charge in [-0.2, -0.15) is 5.26 Å². The van der Waals surface area contributed by atoms with Crippen LogP contribution in [-0.2, 0) is 0 Å². The number of nitrogens with one attached hydrogen (secondary N) is 1. The molecule has 1 aromatic heterocycles. The van der Waals surface area contributed by atoms with Crippen molar-refractivity contribution in [2.45, 2.75) is 0 Å². The molecule has 134 valence electrons. The van der Waals surface area contributed by atoms with E-state index in [1.54, 1.807) is 48.5 Å². The lowest BCUT2D eigenvalue weighted by molar-refractivity contribution is 0.103. The third kappa shape index (κ3) is 3.04. The van der Waals surface area contributed by atoms with Gasteiger partial charge in [-0.15, -0.1) is 0 Å². The van der Waals surface area contributed by atoms with Gasteiger partial charge in [-0.3, -0.25) is 4.79 Å². The van der Waals surface area contributed by atoms with Crippen LogP contribution in [0.5, 0.6) is 0 Å². The summed E-state index contributed by atoms with van der Waals surface area (Å²) in [7, 11) is 0. The van der Waals surface area contributed by atoms with Crippen molar-refractivity contribution in [1.82, 2.24) is 9.97 Å². The molecule has 0 spiro atoms. The van der Waals surface area contributed by atoms with E-state index in [0.717, 1.165) is 5.52 Å². The average Bonchev–Trinajstić information content (AvgIpc) is 3.18. The number of H-pyrrole nitrogens is 1. The molecule has 4 aromatic rings. The zero-order valence-electron chi connectivity index (χ0n) is 14.8. The summed E-state index contributed by atoms with van der Waals surface area (Å²) >= 11 is 0. The largest absolute Gasteiger partial charge is 0.506 e. The highest BCUT2D eigenvalue weighted by molar-refractivity contribution is 6.12. The first kappa shape index (κ1) is 17.3. The van der Waals surface area contributed by atoms with Gasteiger partial charge < -0.3 is 10.1 Å². The highest BCUT2D eigenvalue weighted by Crippen LogP contribution is 2.27. The maximum absolute atomic E-state index is 12.9. The SMILES string of the molecule is N#C/C(=C(/O)c1ccccc1C(=O)c1ccccc1)c1nc2ccccc2[nH]1. The molecule has 3 aromatic carbocycles. The van der Waals surface area contributed by atoms with E-state index in [2.05, 4.69) is 9.97 Å². The minimum atomic E-state index is -0.290. The van der Waals surface area contributed by atoms with Crippen LogP contribution in [0.3, 0.4) is 0 Å². The Kier molecular flexibility index (Phi) is 4.45. The normalized spacial score (nSPS) is 11.7. The standard InChI is InChI=1S/C23H15N3O2/c24-14-18(23-25-19-12-6-7-13-20(19)26-23)22(28)17-11-5-4-10-16(17)21(27)15-8-2-1-3-9-15/h1-13,28H,(H,25,26)/b22-18-. The number of allylic oxidation sites excluding steroid dienone is 1. The molecule has 5 nitrogen and oxygen atoms in total. The zero-order chi connectivity index (χ0) is 19.5. The van der Waals surface area contributed by atoms with E-state index in [-0.39, 0.29) is 28.5 Å². The lowest BCUT2D eigenvalue weighted by atomic mass is 9.96. The molecule has 0 amide bonds. The van der Waals surface area contributed by atoms with Gasteiger partial charge in [0.2, 0.25) is 0 Å². The first-order valence-electron chi connectivity index (χ1n) is 8.66. The zero-order valence-corrected chi connectivity index (χ0v) is 14.8. The molecule has 0 saturated heterocycles. The second kappa shape index (κ2) is 7.22. The Balaban J connectivity index is 1.86. The number of carbonyl (C=O) groups excluding carboxylic acids is 1. The minimum absolute atomic E-state index is 0.0236. The Labute approximate surface area is 161 Å². The van der Waals surface area contributed by atoms with Crippen molar-refractivity contribution in [1.29, 1.82) is 5.26 Å². The number of nitriles is 1. The summed E-state index contributed by atoms with van der Waals surface area (Å²) < 4.78 is 0. The Morgan fingerprint density at radius 3 is 2.25 bits per heavy atom. The van der Waals surface area contributed by atoms with E-state index < -0.39 is 0 Å². The summed E-state index contributed by atoms with van der Waals surface area (Å²) in [5.41, 5.74) is 2.52. The number of carbonyl (C=O) groups is 1. The summed E-state index contributed by atoms with van der Waals surface area (Å²) in [6.07, 6.45) is 0. The van der Waals surface area contributed by atoms with Crippen molar-refractivity contribution in [3.8, 4) is 6.07 Å². The van der Waals surface area contributed by atoms with E-state index in [1.165, 1.54) is 0 Å². The molecule has 0 atom stereocenters. The van der Waals surface area contributed by atoms with Crippen molar-refractivity contribution in [3.63, 3.8) is 0 Å². The summed E-state index contributed by atoms with van der Waals surface area (Å²) in [6, 6.07) is 24.9. The molecule has 0 aliphatic rings. The second-order valence-corrected chi connectivity index (χ2v) is 6.18. The molecular formula is C23H15N3O2. The smallest absolute Gasteiger partial charge is 0.193 e. The van der Waals surface area contributed by atoms with Crippen LogP contribution in [0.25, 0.3) is 22.4 Å². The van der Waals surface area contributed by atoms with Gasteiger partial charge in [0.25, 0.3) is 0 Å². The number of aromatic nitrogens is 2. The molecule has 0 bridgehead atoms. The van der Waals surface area contributed by atoms with Gasteiger partial charge in [-0.25, -0.2) is 4.98 Å². The Morgan fingerprint density at radius 1 is 0.893 bits per heavy atom. The van der Waals surface area contributed by atoms with Crippen molar-refractivity contribution in [2.24, 2.45) is 0 Å². The third-order valence-corrected chi connectivity index (χ3v) is 4.44. The number of para-hydroxylation sites is 2. The quantitative estimate of drug-likeness (QED) is 0.310. The maximum Gasteiger partial charge on any atom is 0.193 e. The van der Waals surface area contributed by atoms with Crippen LogP contribution in [0.4, 0.5) is 0 Å². The Bertz CT molecular complexity index is 1210. The number of ketones is 1. The summed E-state index contributed by atoms with van der Waals surface area (Å²) in [6.45, 7) is 0. The first-order valence-corrected chi connectivity index (χ1v) is 8.66. The number of hydrogen-bond donors (Lipinski definition) is 2. The molecule has 28 heavy (non-hydrogen) atoms. The fraction of sp³-hybridized carbons (Fsp3) is 0. The van der Waals surface area contributed by atoms with E-state index in [1.807, 2.05) is 36.4 Å². The predicted molar refractivity (Wildman–Crippen MR) is 107 cm³/mol. The Hall–Kier alpha value is -4.17. The molecule has 0 aliphatic heterocycles. The highest BCUT2D eigenvalue weighted by Gasteiger charge is 2.20. The van der Waals surface area contributed by atoms with E-state index >= 15 is 0 Å². The molecule has 0 saturated carbocycles. The highest BCUT2D eigenvalue weighted by atomic mass is 16.3. The van der Waals surface area contributed by atoms with Crippen LogP contribution in [0.15, 0.2) is 78.9 Å². The average molecular weight is 365 g/mol. The molecule has 4 rings (SSSR count). The van der Waals surface area contributed by atoms with Crippen molar-refractivity contribution < 1.29 is 9.90 Å². The fourth-order valence-electron chi connectivity index (χ4n) is 3.06. The molecule has 0 aliphatic carbocycles. The number of hydrogen-bond acceptors (Lipinski definition) is 4. The molecule has 0 radical (unpaired) electrons. The fourth-order valence-corrected chi connectivity index (χ4v) is 3.06. The predicted octanol–water partition coefficient (Wildman–Crippen LogP) is 4.74. The Morgan fingerprint density at radius 2 is 1.54 bits per heavy atom. The monoisotopic (exact) mass is 365 g/mol. The lowest BCUT2D eigenvalue weighted by Gasteiger charge is -2.09. The van der Waals surface area contributed by atoms with Crippen LogP contribution >= 0.6 is 0 Å². The summed E-state index contributed by atoms with van der Waals surface area (Å²) in [5.74, 6) is -0.269. The minimum Gasteiger partial charge on any atom is -0.506 e. The van der Waals surface area contributed by atoms with Crippen LogP contribution < -0.4 is 0 Å². The van der Waals surface area contributed by atoms with Crippen molar-refractivity contribution in [2.75, 3.05) is 0 Å². The van der Waals surface area contributed by atoms with Crippen molar-refractivity contribution in [3.05, 3.63) is 101 Å². The van der Waals surface area contributed by atoms with Crippen LogP contribution in [0.2, 0.25) is 0 Å². The van der Waals surface area contributed by atoms with Crippen molar-refractivity contribution >= 4 is 28.1 Å². The van der Waals surface area contributed by atoms with Crippen LogP contribution in [-0.4, -0.2) is 20.9 Å². The number of aliphatic hydroxyl groups excluding tert-OH is 1. The lowest BCUT2D eigenvalue weighted by Crippen LogP contribution is -2.06. The van der Waals surface area contributed by atoms with Crippen LogP contribution in [0.1, 0.15) is 27.3 Å². The van der Waals surface area contributed by atoms with Gasteiger partial charge >= 0.3 is 0 Å². The number of imidazole rings is 1. The number of fused-ring (bicyclic) bond motifs is 1. The van der Waals surface area contributed by atoms with E-state index in [9.17, 15) is 15.2 Å². The molecule has 0 fully saturated rings. The number of nitrogens with zero attached hydrogens (tertiary/aromatic N) is 2.